The van der Waals surface area contributed by atoms with E-state index in [4.69, 9.17) is 10.2 Å². The van der Waals surface area contributed by atoms with Crippen LogP contribution in [0.1, 0.15) is 10.4 Å². The Hall–Kier alpha value is -3.08. The zero-order chi connectivity index (χ0) is 15.0. The molecular formula is C16H11NO4. The van der Waals surface area contributed by atoms with Crippen LogP contribution in [-0.4, -0.2) is 11.0 Å². The summed E-state index contributed by atoms with van der Waals surface area (Å²) in [5.41, 5.74) is 5.51. The first-order chi connectivity index (χ1) is 10.1. The SMILES string of the molecule is NC(=O)c1cccc2cc(-c3ccccc3O)c(=O)oc12. The summed E-state index contributed by atoms with van der Waals surface area (Å²) < 4.78 is 5.23. The molecule has 0 aliphatic rings. The average molecular weight is 281 g/mol. The molecular weight excluding hydrogens is 270 g/mol. The van der Waals surface area contributed by atoms with E-state index < -0.39 is 11.5 Å². The van der Waals surface area contributed by atoms with Crippen LogP contribution < -0.4 is 11.4 Å². The minimum Gasteiger partial charge on any atom is -0.507 e. The van der Waals surface area contributed by atoms with Crippen molar-refractivity contribution in [2.75, 3.05) is 0 Å². The Balaban J connectivity index is 2.34. The summed E-state index contributed by atoms with van der Waals surface area (Å²) in [5.74, 6) is -0.686. The number of phenolic OH excluding ortho intramolecular Hbond substituents is 1. The normalized spacial score (nSPS) is 10.7. The Labute approximate surface area is 119 Å². The van der Waals surface area contributed by atoms with Gasteiger partial charge >= 0.3 is 5.63 Å². The summed E-state index contributed by atoms with van der Waals surface area (Å²) >= 11 is 0. The van der Waals surface area contributed by atoms with Gasteiger partial charge in [0.05, 0.1) is 11.1 Å². The quantitative estimate of drug-likeness (QED) is 0.704. The number of benzene rings is 2. The fourth-order valence-electron chi connectivity index (χ4n) is 2.23. The van der Waals surface area contributed by atoms with Crippen LogP contribution in [0.2, 0.25) is 0 Å². The third-order valence-electron chi connectivity index (χ3n) is 3.22. The minimum absolute atomic E-state index is 0.0183. The van der Waals surface area contributed by atoms with Gasteiger partial charge in [0.15, 0.2) is 5.58 Å². The highest BCUT2D eigenvalue weighted by molar-refractivity contribution is 6.04. The van der Waals surface area contributed by atoms with Crippen molar-refractivity contribution in [3.05, 3.63) is 64.5 Å². The molecule has 2 aromatic carbocycles. The second-order valence-corrected chi connectivity index (χ2v) is 4.55. The second kappa shape index (κ2) is 4.79. The summed E-state index contributed by atoms with van der Waals surface area (Å²) in [6.45, 7) is 0. The predicted octanol–water partition coefficient (Wildman–Crippen LogP) is 2.26. The van der Waals surface area contributed by atoms with Crippen LogP contribution in [-0.2, 0) is 0 Å². The summed E-state index contributed by atoms with van der Waals surface area (Å²) in [5, 5.41) is 10.4. The number of hydrogen-bond donors (Lipinski definition) is 2. The molecule has 0 aliphatic heterocycles. The van der Waals surface area contributed by atoms with Gasteiger partial charge in [0.25, 0.3) is 5.91 Å². The molecule has 0 bridgehead atoms. The number of fused-ring (bicyclic) bond motifs is 1. The molecule has 3 N–H and O–H groups in total. The lowest BCUT2D eigenvalue weighted by Crippen LogP contribution is -2.12. The lowest BCUT2D eigenvalue weighted by molar-refractivity contribution is 0.100. The van der Waals surface area contributed by atoms with E-state index in [-0.39, 0.29) is 22.5 Å². The highest BCUT2D eigenvalue weighted by atomic mass is 16.4. The van der Waals surface area contributed by atoms with E-state index in [1.165, 1.54) is 12.1 Å². The summed E-state index contributed by atoms with van der Waals surface area (Å²) in [7, 11) is 0. The van der Waals surface area contributed by atoms with Gasteiger partial charge in [-0.15, -0.1) is 0 Å². The van der Waals surface area contributed by atoms with E-state index in [9.17, 15) is 14.7 Å². The fraction of sp³-hybridized carbons (Fsp3) is 0. The number of rotatable bonds is 2. The first kappa shape index (κ1) is 12.9. The predicted molar refractivity (Wildman–Crippen MR) is 78.1 cm³/mol. The Bertz CT molecular complexity index is 912. The molecule has 1 amide bonds. The molecule has 0 saturated carbocycles. The van der Waals surface area contributed by atoms with E-state index in [0.717, 1.165) is 0 Å². The highest BCUT2D eigenvalue weighted by Gasteiger charge is 2.14. The topological polar surface area (TPSA) is 93.5 Å². The summed E-state index contributed by atoms with van der Waals surface area (Å²) in [6.07, 6.45) is 0. The molecule has 0 spiro atoms. The van der Waals surface area contributed by atoms with Crippen LogP contribution in [0.25, 0.3) is 22.1 Å². The average Bonchev–Trinajstić information content (AvgIpc) is 2.46. The van der Waals surface area contributed by atoms with E-state index in [0.29, 0.717) is 10.9 Å². The maximum absolute atomic E-state index is 12.1. The Morgan fingerprint density at radius 2 is 1.81 bits per heavy atom. The number of hydrogen-bond acceptors (Lipinski definition) is 4. The van der Waals surface area contributed by atoms with Crippen molar-refractivity contribution in [1.29, 1.82) is 0 Å². The molecule has 3 aromatic rings. The molecule has 0 radical (unpaired) electrons. The van der Waals surface area contributed by atoms with Gasteiger partial charge in [0, 0.05) is 10.9 Å². The zero-order valence-corrected chi connectivity index (χ0v) is 10.9. The summed E-state index contributed by atoms with van der Waals surface area (Å²) in [6, 6.07) is 12.9. The van der Waals surface area contributed by atoms with Crippen LogP contribution in [0, 0.1) is 0 Å². The van der Waals surface area contributed by atoms with Gasteiger partial charge in [0.1, 0.15) is 5.75 Å². The number of carbonyl (C=O) groups is 1. The molecule has 1 heterocycles. The Morgan fingerprint density at radius 1 is 1.05 bits per heavy atom. The number of aromatic hydroxyl groups is 1. The lowest BCUT2D eigenvalue weighted by atomic mass is 10.0. The molecule has 3 rings (SSSR count). The number of carbonyl (C=O) groups excluding carboxylic acids is 1. The van der Waals surface area contributed by atoms with Crippen LogP contribution in [0.5, 0.6) is 5.75 Å². The molecule has 0 saturated heterocycles. The summed E-state index contributed by atoms with van der Waals surface area (Å²) in [4.78, 5) is 23.5. The van der Waals surface area contributed by atoms with E-state index in [1.807, 2.05) is 0 Å². The van der Waals surface area contributed by atoms with Gasteiger partial charge in [-0.05, 0) is 18.2 Å². The molecule has 0 unspecified atom stereocenters. The van der Waals surface area contributed by atoms with Gasteiger partial charge in [-0.25, -0.2) is 4.79 Å². The Kier molecular flexibility index (Phi) is 2.95. The first-order valence-corrected chi connectivity index (χ1v) is 6.23. The van der Waals surface area contributed by atoms with Gasteiger partial charge in [0.2, 0.25) is 0 Å². The van der Waals surface area contributed by atoms with Gasteiger partial charge in [-0.2, -0.15) is 0 Å². The molecule has 5 heteroatoms. The maximum atomic E-state index is 12.1. The largest absolute Gasteiger partial charge is 0.507 e. The van der Waals surface area contributed by atoms with Crippen LogP contribution >= 0.6 is 0 Å². The third-order valence-corrected chi connectivity index (χ3v) is 3.22. The standard InChI is InChI=1S/C16H11NO4/c17-15(19)11-6-3-4-9-8-12(16(20)21-14(9)11)10-5-1-2-7-13(10)18/h1-8,18H,(H2,17,19). The third kappa shape index (κ3) is 2.14. The fourth-order valence-corrected chi connectivity index (χ4v) is 2.23. The number of primary amides is 1. The molecule has 0 aliphatic carbocycles. The van der Waals surface area contributed by atoms with Crippen LogP contribution in [0.4, 0.5) is 0 Å². The number of amides is 1. The minimum atomic E-state index is -0.668. The molecule has 0 atom stereocenters. The maximum Gasteiger partial charge on any atom is 0.344 e. The number of para-hydroxylation sites is 2. The molecule has 1 aromatic heterocycles. The zero-order valence-electron chi connectivity index (χ0n) is 10.9. The number of nitrogens with two attached hydrogens (primary N) is 1. The molecule has 0 fully saturated rings. The van der Waals surface area contributed by atoms with Crippen LogP contribution in [0.15, 0.2) is 57.7 Å². The highest BCUT2D eigenvalue weighted by Crippen LogP contribution is 2.29. The van der Waals surface area contributed by atoms with E-state index in [1.54, 1.807) is 36.4 Å². The van der Waals surface area contributed by atoms with Crippen molar-refractivity contribution >= 4 is 16.9 Å². The smallest absolute Gasteiger partial charge is 0.344 e. The molecule has 104 valence electrons. The monoisotopic (exact) mass is 281 g/mol. The van der Waals surface area contributed by atoms with Crippen molar-refractivity contribution in [3.63, 3.8) is 0 Å². The van der Waals surface area contributed by atoms with Gasteiger partial charge in [-0.1, -0.05) is 30.3 Å². The van der Waals surface area contributed by atoms with Crippen molar-refractivity contribution in [2.45, 2.75) is 0 Å². The molecule has 21 heavy (non-hydrogen) atoms. The van der Waals surface area contributed by atoms with Crippen molar-refractivity contribution in [3.8, 4) is 16.9 Å². The van der Waals surface area contributed by atoms with E-state index in [2.05, 4.69) is 0 Å². The van der Waals surface area contributed by atoms with Crippen LogP contribution in [0.3, 0.4) is 0 Å². The Morgan fingerprint density at radius 3 is 2.52 bits per heavy atom. The molecule has 5 nitrogen and oxygen atoms in total. The van der Waals surface area contributed by atoms with Gasteiger partial charge in [-0.3, -0.25) is 4.79 Å². The van der Waals surface area contributed by atoms with Crippen molar-refractivity contribution < 1.29 is 14.3 Å². The van der Waals surface area contributed by atoms with Gasteiger partial charge < -0.3 is 15.3 Å². The number of phenols is 1. The first-order valence-electron chi connectivity index (χ1n) is 6.23. The van der Waals surface area contributed by atoms with E-state index >= 15 is 0 Å². The van der Waals surface area contributed by atoms with Crippen molar-refractivity contribution in [1.82, 2.24) is 0 Å². The van der Waals surface area contributed by atoms with Crippen molar-refractivity contribution in [2.24, 2.45) is 5.73 Å². The lowest BCUT2D eigenvalue weighted by Gasteiger charge is -2.06. The second-order valence-electron chi connectivity index (χ2n) is 4.55.